The summed E-state index contributed by atoms with van der Waals surface area (Å²) in [7, 11) is 1.67. The highest BCUT2D eigenvalue weighted by Gasteiger charge is 2.05. The Labute approximate surface area is 109 Å². The van der Waals surface area contributed by atoms with Gasteiger partial charge in [-0.25, -0.2) is 0 Å². The molecule has 0 atom stereocenters. The minimum absolute atomic E-state index is 0.0720. The minimum atomic E-state index is 0.0720. The lowest BCUT2D eigenvalue weighted by molar-refractivity contribution is 0.282. The Bertz CT molecular complexity index is 508. The largest absolute Gasteiger partial charge is 0.496 e. The normalized spacial score (nSPS) is 10.5. The van der Waals surface area contributed by atoms with Crippen LogP contribution in [0.4, 0.5) is 0 Å². The zero-order valence-electron chi connectivity index (χ0n) is 9.56. The quantitative estimate of drug-likeness (QED) is 0.941. The Balaban J connectivity index is 2.25. The first-order valence-corrected chi connectivity index (χ1v) is 6.10. The fraction of sp³-hybridized carbons (Fsp3) is 0.231. The first kappa shape index (κ1) is 12.2. The van der Waals surface area contributed by atoms with E-state index in [4.69, 9.17) is 9.84 Å². The standard InChI is InChI=1S/C13H14BrNO2/c1-17-13-3-2-12(14)6-11(13)8-15-5-4-10(7-15)9-16/h2-7,16H,8-9H2,1H3. The van der Waals surface area contributed by atoms with Crippen molar-refractivity contribution in [2.45, 2.75) is 13.2 Å². The number of hydrogen-bond donors (Lipinski definition) is 1. The van der Waals surface area contributed by atoms with Crippen LogP contribution in [-0.4, -0.2) is 16.8 Å². The zero-order chi connectivity index (χ0) is 12.3. The van der Waals surface area contributed by atoms with Gasteiger partial charge in [0.1, 0.15) is 5.75 Å². The summed E-state index contributed by atoms with van der Waals surface area (Å²) in [5.74, 6) is 0.868. The van der Waals surface area contributed by atoms with E-state index in [1.54, 1.807) is 7.11 Å². The lowest BCUT2D eigenvalue weighted by Crippen LogP contribution is -1.99. The van der Waals surface area contributed by atoms with Crippen LogP contribution in [0, 0.1) is 0 Å². The number of nitrogens with zero attached hydrogens (tertiary/aromatic N) is 1. The molecule has 1 N–H and O–H groups in total. The molecule has 0 bridgehead atoms. The Kier molecular flexibility index (Phi) is 3.86. The van der Waals surface area contributed by atoms with Crippen molar-refractivity contribution in [3.63, 3.8) is 0 Å². The lowest BCUT2D eigenvalue weighted by Gasteiger charge is -2.09. The van der Waals surface area contributed by atoms with Crippen molar-refractivity contribution < 1.29 is 9.84 Å². The first-order chi connectivity index (χ1) is 8.22. The lowest BCUT2D eigenvalue weighted by atomic mass is 10.2. The number of hydrogen-bond acceptors (Lipinski definition) is 2. The molecule has 0 saturated carbocycles. The molecule has 0 aliphatic carbocycles. The second-order valence-electron chi connectivity index (χ2n) is 3.81. The van der Waals surface area contributed by atoms with Crippen LogP contribution in [0.25, 0.3) is 0 Å². The van der Waals surface area contributed by atoms with E-state index in [1.807, 2.05) is 41.2 Å². The number of methoxy groups -OCH3 is 1. The van der Waals surface area contributed by atoms with E-state index < -0.39 is 0 Å². The molecule has 90 valence electrons. The predicted octanol–water partition coefficient (Wildman–Crippen LogP) is 2.80. The monoisotopic (exact) mass is 295 g/mol. The van der Waals surface area contributed by atoms with Crippen molar-refractivity contribution in [1.29, 1.82) is 0 Å². The van der Waals surface area contributed by atoms with Crippen molar-refractivity contribution in [3.8, 4) is 5.75 Å². The summed E-state index contributed by atoms with van der Waals surface area (Å²) in [4.78, 5) is 0. The molecule has 1 heterocycles. The van der Waals surface area contributed by atoms with Gasteiger partial charge in [-0.15, -0.1) is 0 Å². The van der Waals surface area contributed by atoms with Crippen LogP contribution in [0.1, 0.15) is 11.1 Å². The van der Waals surface area contributed by atoms with Crippen LogP contribution < -0.4 is 4.74 Å². The van der Waals surface area contributed by atoms with Gasteiger partial charge in [0.05, 0.1) is 20.3 Å². The summed E-state index contributed by atoms with van der Waals surface area (Å²) in [5, 5.41) is 9.02. The third-order valence-electron chi connectivity index (χ3n) is 2.59. The van der Waals surface area contributed by atoms with Crippen molar-refractivity contribution in [1.82, 2.24) is 4.57 Å². The number of halogens is 1. The molecule has 0 aliphatic rings. The van der Waals surface area contributed by atoms with Gasteiger partial charge in [0.15, 0.2) is 0 Å². The van der Waals surface area contributed by atoms with Gasteiger partial charge in [-0.05, 0) is 29.8 Å². The number of benzene rings is 1. The van der Waals surface area contributed by atoms with Gasteiger partial charge >= 0.3 is 0 Å². The van der Waals surface area contributed by atoms with Crippen LogP contribution in [0.2, 0.25) is 0 Å². The molecular formula is C13H14BrNO2. The number of aromatic nitrogens is 1. The summed E-state index contributed by atoms with van der Waals surface area (Å²) in [6, 6.07) is 7.84. The average Bonchev–Trinajstić information content (AvgIpc) is 2.77. The summed E-state index contributed by atoms with van der Waals surface area (Å²) in [5.41, 5.74) is 2.01. The molecular weight excluding hydrogens is 282 g/mol. The second-order valence-corrected chi connectivity index (χ2v) is 4.72. The molecule has 1 aromatic carbocycles. The molecule has 0 radical (unpaired) electrons. The predicted molar refractivity (Wildman–Crippen MR) is 70.2 cm³/mol. The summed E-state index contributed by atoms with van der Waals surface area (Å²) < 4.78 is 8.38. The van der Waals surface area contributed by atoms with Crippen LogP contribution in [-0.2, 0) is 13.2 Å². The summed E-state index contributed by atoms with van der Waals surface area (Å²) in [6.07, 6.45) is 3.88. The average molecular weight is 296 g/mol. The number of rotatable bonds is 4. The Morgan fingerprint density at radius 1 is 1.35 bits per heavy atom. The van der Waals surface area contributed by atoms with Gasteiger partial charge in [0, 0.05) is 22.4 Å². The van der Waals surface area contributed by atoms with Crippen molar-refractivity contribution in [2.75, 3.05) is 7.11 Å². The molecule has 17 heavy (non-hydrogen) atoms. The fourth-order valence-electron chi connectivity index (χ4n) is 1.75. The van der Waals surface area contributed by atoms with E-state index in [0.29, 0.717) is 0 Å². The van der Waals surface area contributed by atoms with E-state index in [-0.39, 0.29) is 6.61 Å². The molecule has 0 saturated heterocycles. The molecule has 0 spiro atoms. The van der Waals surface area contributed by atoms with Crippen LogP contribution in [0.3, 0.4) is 0 Å². The highest BCUT2D eigenvalue weighted by atomic mass is 79.9. The summed E-state index contributed by atoms with van der Waals surface area (Å²) >= 11 is 3.45. The molecule has 3 nitrogen and oxygen atoms in total. The van der Waals surface area contributed by atoms with Gasteiger partial charge < -0.3 is 14.4 Å². The Morgan fingerprint density at radius 3 is 2.82 bits per heavy atom. The fourth-order valence-corrected chi connectivity index (χ4v) is 2.16. The van der Waals surface area contributed by atoms with Crippen molar-refractivity contribution in [3.05, 3.63) is 52.3 Å². The van der Waals surface area contributed by atoms with E-state index in [0.717, 1.165) is 27.9 Å². The molecule has 2 aromatic rings. The summed E-state index contributed by atoms with van der Waals surface area (Å²) in [6.45, 7) is 0.797. The van der Waals surface area contributed by atoms with Gasteiger partial charge in [0.2, 0.25) is 0 Å². The Morgan fingerprint density at radius 2 is 2.18 bits per heavy atom. The van der Waals surface area contributed by atoms with Gasteiger partial charge in [0.25, 0.3) is 0 Å². The van der Waals surface area contributed by atoms with Gasteiger partial charge in [-0.3, -0.25) is 0 Å². The number of aliphatic hydroxyl groups is 1. The third kappa shape index (κ3) is 2.90. The smallest absolute Gasteiger partial charge is 0.123 e. The molecule has 0 fully saturated rings. The highest BCUT2D eigenvalue weighted by molar-refractivity contribution is 9.10. The van der Waals surface area contributed by atoms with Crippen molar-refractivity contribution >= 4 is 15.9 Å². The van der Waals surface area contributed by atoms with Gasteiger partial charge in [-0.2, -0.15) is 0 Å². The van der Waals surface area contributed by atoms with Crippen LogP contribution in [0.5, 0.6) is 5.75 Å². The maximum atomic E-state index is 9.02. The number of ether oxygens (including phenoxy) is 1. The van der Waals surface area contributed by atoms with E-state index >= 15 is 0 Å². The maximum Gasteiger partial charge on any atom is 0.123 e. The zero-order valence-corrected chi connectivity index (χ0v) is 11.1. The second kappa shape index (κ2) is 5.38. The maximum absolute atomic E-state index is 9.02. The van der Waals surface area contributed by atoms with Crippen molar-refractivity contribution in [2.24, 2.45) is 0 Å². The van der Waals surface area contributed by atoms with Crippen LogP contribution in [0.15, 0.2) is 41.1 Å². The Hall–Kier alpha value is -1.26. The first-order valence-electron chi connectivity index (χ1n) is 5.31. The minimum Gasteiger partial charge on any atom is -0.496 e. The topological polar surface area (TPSA) is 34.4 Å². The SMILES string of the molecule is COc1ccc(Br)cc1Cn1ccc(CO)c1. The molecule has 0 aliphatic heterocycles. The third-order valence-corrected chi connectivity index (χ3v) is 3.08. The van der Waals surface area contributed by atoms with Crippen LogP contribution >= 0.6 is 15.9 Å². The molecule has 2 rings (SSSR count). The molecule has 0 amide bonds. The highest BCUT2D eigenvalue weighted by Crippen LogP contribution is 2.24. The van der Waals surface area contributed by atoms with E-state index in [9.17, 15) is 0 Å². The van der Waals surface area contributed by atoms with E-state index in [2.05, 4.69) is 15.9 Å². The van der Waals surface area contributed by atoms with Gasteiger partial charge in [-0.1, -0.05) is 15.9 Å². The molecule has 0 unspecified atom stereocenters. The molecule has 4 heteroatoms. The molecule has 1 aromatic heterocycles. The number of aliphatic hydroxyl groups excluding tert-OH is 1. The van der Waals surface area contributed by atoms with E-state index in [1.165, 1.54) is 0 Å².